The highest BCUT2D eigenvalue weighted by atomic mass is 16.6. The summed E-state index contributed by atoms with van der Waals surface area (Å²) in [5.74, 6) is -3.30. The molecule has 1 saturated heterocycles. The summed E-state index contributed by atoms with van der Waals surface area (Å²) in [5.41, 5.74) is 1.41. The lowest BCUT2D eigenvalue weighted by atomic mass is 9.57. The first-order chi connectivity index (χ1) is 22.0. The molecule has 2 aromatic rings. The number of carbonyl (C=O) groups excluding carboxylic acids is 3. The molecule has 10 heteroatoms. The van der Waals surface area contributed by atoms with Gasteiger partial charge in [-0.25, -0.2) is 14.4 Å². The minimum absolute atomic E-state index is 0.219. The van der Waals surface area contributed by atoms with E-state index < -0.39 is 72.0 Å². The number of carbonyl (C=O) groups is 3. The van der Waals surface area contributed by atoms with Crippen molar-refractivity contribution in [3.63, 3.8) is 0 Å². The van der Waals surface area contributed by atoms with E-state index in [9.17, 15) is 19.5 Å². The van der Waals surface area contributed by atoms with E-state index in [2.05, 4.69) is 4.98 Å². The molecule has 6 rings (SSSR count). The lowest BCUT2D eigenvalue weighted by Crippen LogP contribution is -2.57. The van der Waals surface area contributed by atoms with Gasteiger partial charge in [-0.3, -0.25) is 0 Å². The second-order valence-electron chi connectivity index (χ2n) is 13.3. The van der Waals surface area contributed by atoms with Crippen molar-refractivity contribution in [1.82, 2.24) is 4.98 Å². The Morgan fingerprint density at radius 3 is 2.54 bits per heavy atom. The summed E-state index contributed by atoms with van der Waals surface area (Å²) in [6, 6.07) is 10.5. The molecule has 2 fully saturated rings. The van der Waals surface area contributed by atoms with E-state index in [4.69, 9.17) is 23.7 Å². The molecule has 0 amide bonds. The maximum absolute atomic E-state index is 13.6. The van der Waals surface area contributed by atoms with E-state index in [1.165, 1.54) is 7.11 Å². The monoisotopic (exact) mass is 633 g/mol. The van der Waals surface area contributed by atoms with Crippen molar-refractivity contribution in [2.75, 3.05) is 7.11 Å². The van der Waals surface area contributed by atoms with Gasteiger partial charge in [-0.15, -0.1) is 0 Å². The van der Waals surface area contributed by atoms with Gasteiger partial charge in [0, 0.05) is 42.9 Å². The minimum Gasteiger partial charge on any atom is -0.456 e. The molecular weight excluding hydrogens is 590 g/mol. The Kier molecular flexibility index (Phi) is 8.73. The van der Waals surface area contributed by atoms with Crippen LogP contribution in [0.3, 0.4) is 0 Å². The molecule has 4 bridgehead atoms. The number of aryl methyl sites for hydroxylation is 1. The summed E-state index contributed by atoms with van der Waals surface area (Å²) in [6.45, 7) is 9.32. The van der Waals surface area contributed by atoms with Crippen LogP contribution in [0.15, 0.2) is 66.4 Å². The maximum atomic E-state index is 13.6. The van der Waals surface area contributed by atoms with Crippen molar-refractivity contribution in [2.24, 2.45) is 29.6 Å². The number of aromatic amines is 1. The zero-order valence-electron chi connectivity index (χ0n) is 27.0. The second kappa shape index (κ2) is 12.5. The number of benzene rings is 1. The van der Waals surface area contributed by atoms with Gasteiger partial charge in [0.1, 0.15) is 35.7 Å². The van der Waals surface area contributed by atoms with Crippen LogP contribution in [0.5, 0.6) is 0 Å². The van der Waals surface area contributed by atoms with Gasteiger partial charge in [0.25, 0.3) is 0 Å². The summed E-state index contributed by atoms with van der Waals surface area (Å²) in [4.78, 5) is 42.7. The fourth-order valence-electron chi connectivity index (χ4n) is 8.23. The molecule has 2 aliphatic carbocycles. The molecule has 2 N–H and O–H groups in total. The van der Waals surface area contributed by atoms with Crippen LogP contribution in [0, 0.1) is 36.5 Å². The number of aliphatic hydroxyl groups is 1. The molecule has 4 aliphatic rings. The first kappa shape index (κ1) is 32.2. The van der Waals surface area contributed by atoms with Gasteiger partial charge in [0.15, 0.2) is 6.10 Å². The first-order valence-electron chi connectivity index (χ1n) is 16.0. The number of hydrogen-bond acceptors (Lipinski definition) is 9. The zero-order chi connectivity index (χ0) is 32.9. The van der Waals surface area contributed by atoms with Gasteiger partial charge in [0.05, 0.1) is 11.7 Å². The fraction of sp³-hybridized carbons (Fsp3) is 0.528. The number of H-pyrrole nitrogens is 1. The van der Waals surface area contributed by atoms with Crippen molar-refractivity contribution in [1.29, 1.82) is 0 Å². The van der Waals surface area contributed by atoms with E-state index in [1.807, 2.05) is 58.1 Å². The number of aromatic nitrogens is 1. The van der Waals surface area contributed by atoms with Crippen LogP contribution >= 0.6 is 0 Å². The Morgan fingerprint density at radius 2 is 1.85 bits per heavy atom. The predicted molar refractivity (Wildman–Crippen MR) is 167 cm³/mol. The number of cyclic esters (lactones) is 1. The highest BCUT2D eigenvalue weighted by Crippen LogP contribution is 2.61. The standard InChI is InChI=1S/C36H43NO9/c1-18-10-7-8-11-24(18)33(39)43-22(5)30-19(2)16-20(3)36-23(17-27(42-6)35(41)44-30)13-14-25-28(36)29(38)21(4)31(32(25)46-36)45-34(40)26-12-9-15-37-26/h7-16,19,21-23,25,27-32,37-38H,17H2,1-6H3/b20-16+/t19-,21-,22-,23?,25-,27+,28+,29-,30+,31-,32-,36+/m1/s1. The highest BCUT2D eigenvalue weighted by Gasteiger charge is 2.69. The Labute approximate surface area is 269 Å². The average molecular weight is 634 g/mol. The van der Waals surface area contributed by atoms with Crippen molar-refractivity contribution in [3.8, 4) is 0 Å². The van der Waals surface area contributed by atoms with E-state index in [0.29, 0.717) is 11.3 Å². The Balaban J connectivity index is 1.35. The molecule has 1 aromatic heterocycles. The van der Waals surface area contributed by atoms with Gasteiger partial charge < -0.3 is 33.8 Å². The molecule has 46 heavy (non-hydrogen) atoms. The molecule has 2 aliphatic heterocycles. The average Bonchev–Trinajstić information content (AvgIpc) is 3.63. The third-order valence-electron chi connectivity index (χ3n) is 10.6. The first-order valence-corrected chi connectivity index (χ1v) is 16.0. The Bertz CT molecular complexity index is 1530. The third kappa shape index (κ3) is 5.30. The topological polar surface area (TPSA) is 133 Å². The number of aliphatic hydroxyl groups excluding tert-OH is 1. The van der Waals surface area contributed by atoms with Crippen LogP contribution in [-0.2, 0) is 28.5 Å². The van der Waals surface area contributed by atoms with Gasteiger partial charge >= 0.3 is 17.9 Å². The number of rotatable bonds is 6. The van der Waals surface area contributed by atoms with Crippen LogP contribution in [0.2, 0.25) is 0 Å². The van der Waals surface area contributed by atoms with E-state index in [0.717, 1.165) is 11.1 Å². The molecule has 1 unspecified atom stereocenters. The minimum atomic E-state index is -1.00. The largest absolute Gasteiger partial charge is 0.456 e. The summed E-state index contributed by atoms with van der Waals surface area (Å²) in [7, 11) is 1.46. The molecule has 0 radical (unpaired) electrons. The van der Waals surface area contributed by atoms with E-state index >= 15 is 0 Å². The van der Waals surface area contributed by atoms with E-state index in [-0.39, 0.29) is 24.2 Å². The number of hydrogen-bond donors (Lipinski definition) is 2. The highest BCUT2D eigenvalue weighted by molar-refractivity contribution is 5.91. The van der Waals surface area contributed by atoms with Crippen LogP contribution in [0.4, 0.5) is 0 Å². The maximum Gasteiger partial charge on any atom is 0.355 e. The quantitative estimate of drug-likeness (QED) is 0.267. The molecule has 10 nitrogen and oxygen atoms in total. The van der Waals surface area contributed by atoms with Gasteiger partial charge in [0.2, 0.25) is 0 Å². The van der Waals surface area contributed by atoms with Crippen LogP contribution < -0.4 is 0 Å². The molecule has 246 valence electrons. The fourth-order valence-corrected chi connectivity index (χ4v) is 8.23. The van der Waals surface area contributed by atoms with Gasteiger partial charge in [-0.05, 0) is 56.5 Å². The Morgan fingerprint density at radius 1 is 1.09 bits per heavy atom. The van der Waals surface area contributed by atoms with Crippen molar-refractivity contribution in [3.05, 3.63) is 83.2 Å². The number of nitrogens with one attached hydrogen (secondary N) is 1. The molecule has 1 aromatic carbocycles. The predicted octanol–water partition coefficient (Wildman–Crippen LogP) is 4.57. The molecule has 12 atom stereocenters. The third-order valence-corrected chi connectivity index (χ3v) is 10.6. The lowest BCUT2D eigenvalue weighted by Gasteiger charge is -2.48. The SMILES string of the molecule is CO[C@H]1CC2C=C[C@H]3[C@H]4O[C@]2(/C(C)=C/[C@@H](C)[C@@H]([C@@H](C)OC(=O)c2ccccc2C)OC1=O)[C@@H]3[C@H](O)[C@@H](C)[C@H]4OC(=O)c1ccc[nH]1. The van der Waals surface area contributed by atoms with Crippen LogP contribution in [0.25, 0.3) is 0 Å². The van der Waals surface area contributed by atoms with Crippen LogP contribution in [0.1, 0.15) is 60.5 Å². The summed E-state index contributed by atoms with van der Waals surface area (Å²) in [5, 5.41) is 11.9. The molecule has 1 spiro atoms. The van der Waals surface area contributed by atoms with Crippen LogP contribution in [-0.4, -0.2) is 77.3 Å². The lowest BCUT2D eigenvalue weighted by molar-refractivity contribution is -0.172. The zero-order valence-corrected chi connectivity index (χ0v) is 27.0. The summed E-state index contributed by atoms with van der Waals surface area (Å²) < 4.78 is 30.7. The van der Waals surface area contributed by atoms with Crippen molar-refractivity contribution < 1.29 is 43.2 Å². The molecule has 3 heterocycles. The van der Waals surface area contributed by atoms with E-state index in [1.54, 1.807) is 37.4 Å². The summed E-state index contributed by atoms with van der Waals surface area (Å²) in [6.07, 6.45) is 3.34. The van der Waals surface area contributed by atoms with Gasteiger partial charge in [-0.1, -0.05) is 50.3 Å². The van der Waals surface area contributed by atoms with Gasteiger partial charge in [-0.2, -0.15) is 0 Å². The second-order valence-corrected chi connectivity index (χ2v) is 13.3. The number of esters is 3. The smallest absolute Gasteiger partial charge is 0.355 e. The molecular formula is C36H43NO9. The summed E-state index contributed by atoms with van der Waals surface area (Å²) >= 11 is 0. The normalized spacial score (nSPS) is 38.5. The molecule has 1 saturated carbocycles. The number of ether oxygens (including phenoxy) is 5. The number of methoxy groups -OCH3 is 1. The Hall–Kier alpha value is -3.73. The van der Waals surface area contributed by atoms with Crippen molar-refractivity contribution in [2.45, 2.75) is 83.3 Å². The van der Waals surface area contributed by atoms with Crippen molar-refractivity contribution >= 4 is 17.9 Å².